The number of ether oxygens (including phenoxy) is 1. The number of Topliss-reactive ketones (excluding diaryl/α,β-unsaturated/α-hetero) is 1. The van der Waals surface area contributed by atoms with Crippen LogP contribution in [0.3, 0.4) is 0 Å². The highest BCUT2D eigenvalue weighted by Crippen LogP contribution is 2.30. The van der Waals surface area contributed by atoms with Crippen molar-refractivity contribution in [2.75, 3.05) is 7.11 Å². The third kappa shape index (κ3) is 1.97. The van der Waals surface area contributed by atoms with Crippen molar-refractivity contribution in [2.45, 2.75) is 0 Å². The molecule has 0 aliphatic carbocycles. The summed E-state index contributed by atoms with van der Waals surface area (Å²) in [6.45, 7) is 0. The molecular formula is C9H7NO6. The number of carbonyl (C=O) groups is 2. The number of nitro groups is 1. The smallest absolute Gasteiger partial charge is 0.377 e. The Kier molecular flexibility index (Phi) is 3.19. The van der Waals surface area contributed by atoms with Gasteiger partial charge >= 0.3 is 11.7 Å². The van der Waals surface area contributed by atoms with E-state index in [0.717, 1.165) is 6.07 Å². The molecule has 1 N–H and O–H groups in total. The topological polar surface area (TPSA) is 107 Å². The molecule has 0 spiro atoms. The van der Waals surface area contributed by atoms with Gasteiger partial charge in [-0.05, 0) is 12.1 Å². The van der Waals surface area contributed by atoms with Crippen molar-refractivity contribution in [3.8, 4) is 5.75 Å². The second-order valence-electron chi connectivity index (χ2n) is 2.75. The van der Waals surface area contributed by atoms with Gasteiger partial charge in [-0.15, -0.1) is 0 Å². The van der Waals surface area contributed by atoms with Gasteiger partial charge < -0.3 is 9.84 Å². The van der Waals surface area contributed by atoms with E-state index in [1.54, 1.807) is 0 Å². The summed E-state index contributed by atoms with van der Waals surface area (Å²) in [5.74, 6) is -3.25. The van der Waals surface area contributed by atoms with Crippen molar-refractivity contribution in [3.05, 3.63) is 33.9 Å². The predicted molar refractivity (Wildman–Crippen MR) is 51.6 cm³/mol. The molecule has 7 nitrogen and oxygen atoms in total. The number of carbonyl (C=O) groups excluding carboxylic acids is 1. The molecule has 0 saturated heterocycles. The van der Waals surface area contributed by atoms with Gasteiger partial charge in [-0.1, -0.05) is 6.07 Å². The number of rotatable bonds is 4. The molecule has 0 saturated carbocycles. The number of hydrogen-bond acceptors (Lipinski definition) is 5. The second kappa shape index (κ2) is 4.39. The van der Waals surface area contributed by atoms with Crippen molar-refractivity contribution in [1.82, 2.24) is 0 Å². The molecule has 1 aromatic rings. The van der Waals surface area contributed by atoms with Gasteiger partial charge in [0.05, 0.1) is 12.0 Å². The molecule has 0 aliphatic rings. The van der Waals surface area contributed by atoms with Gasteiger partial charge in [0.1, 0.15) is 5.56 Å². The zero-order chi connectivity index (χ0) is 12.3. The zero-order valence-corrected chi connectivity index (χ0v) is 8.17. The number of carboxylic acids is 1. The van der Waals surface area contributed by atoms with Crippen molar-refractivity contribution in [2.24, 2.45) is 0 Å². The van der Waals surface area contributed by atoms with E-state index >= 15 is 0 Å². The first kappa shape index (κ1) is 11.6. The molecule has 0 aliphatic heterocycles. The number of nitro benzene ring substituents is 1. The van der Waals surface area contributed by atoms with Crippen LogP contribution in [-0.4, -0.2) is 28.9 Å². The number of ketones is 1. The Labute approximate surface area is 89.4 Å². The van der Waals surface area contributed by atoms with E-state index in [2.05, 4.69) is 0 Å². The molecule has 0 fully saturated rings. The average molecular weight is 225 g/mol. The summed E-state index contributed by atoms with van der Waals surface area (Å²) in [7, 11) is 1.19. The molecule has 1 aromatic carbocycles. The number of para-hydroxylation sites is 1. The lowest BCUT2D eigenvalue weighted by molar-refractivity contribution is -0.386. The predicted octanol–water partition coefficient (Wildman–Crippen LogP) is 0.871. The van der Waals surface area contributed by atoms with E-state index in [0.29, 0.717) is 0 Å². The second-order valence-corrected chi connectivity index (χ2v) is 2.75. The largest absolute Gasteiger partial charge is 0.490 e. The molecule has 0 amide bonds. The summed E-state index contributed by atoms with van der Waals surface area (Å²) >= 11 is 0. The minimum atomic E-state index is -1.75. The van der Waals surface area contributed by atoms with Gasteiger partial charge in [-0.25, -0.2) is 4.79 Å². The lowest BCUT2D eigenvalue weighted by Crippen LogP contribution is -2.15. The van der Waals surface area contributed by atoms with Crippen molar-refractivity contribution in [1.29, 1.82) is 0 Å². The first-order valence-electron chi connectivity index (χ1n) is 4.08. The Morgan fingerprint density at radius 3 is 2.50 bits per heavy atom. The first-order chi connectivity index (χ1) is 7.49. The lowest BCUT2D eigenvalue weighted by Gasteiger charge is -2.03. The lowest BCUT2D eigenvalue weighted by atomic mass is 10.1. The Hall–Kier alpha value is -2.44. The number of benzene rings is 1. The molecule has 7 heteroatoms. The molecule has 0 radical (unpaired) electrons. The first-order valence-corrected chi connectivity index (χ1v) is 4.08. The summed E-state index contributed by atoms with van der Waals surface area (Å²) in [4.78, 5) is 31.5. The molecule has 0 atom stereocenters. The van der Waals surface area contributed by atoms with Crippen molar-refractivity contribution < 1.29 is 24.4 Å². The van der Waals surface area contributed by atoms with Crippen LogP contribution in [-0.2, 0) is 4.79 Å². The standard InChI is InChI=1S/C9H7NO6/c1-16-6-4-2-3-5(7(6)10(14)15)8(11)9(12)13/h2-4H,1H3,(H,12,13). The molecule has 16 heavy (non-hydrogen) atoms. The fraction of sp³-hybridized carbons (Fsp3) is 0.111. The van der Waals surface area contributed by atoms with Crippen LogP contribution in [0.4, 0.5) is 5.69 Å². The minimum absolute atomic E-state index is 0.155. The molecule has 0 unspecified atom stereocenters. The molecule has 1 rings (SSSR count). The number of nitrogens with zero attached hydrogens (tertiary/aromatic N) is 1. The monoisotopic (exact) mass is 225 g/mol. The number of methoxy groups -OCH3 is 1. The summed E-state index contributed by atoms with van der Waals surface area (Å²) in [6.07, 6.45) is 0. The van der Waals surface area contributed by atoms with Crippen LogP contribution in [0.15, 0.2) is 18.2 Å². The van der Waals surface area contributed by atoms with Crippen molar-refractivity contribution in [3.63, 3.8) is 0 Å². The average Bonchev–Trinajstić information content (AvgIpc) is 2.26. The highest BCUT2D eigenvalue weighted by molar-refractivity contribution is 6.41. The normalized spacial score (nSPS) is 9.56. The van der Waals surface area contributed by atoms with Gasteiger partial charge in [0.25, 0.3) is 5.78 Å². The van der Waals surface area contributed by atoms with E-state index in [4.69, 9.17) is 9.84 Å². The summed E-state index contributed by atoms with van der Waals surface area (Å²) in [5, 5.41) is 19.2. The summed E-state index contributed by atoms with van der Waals surface area (Å²) < 4.78 is 4.69. The maximum Gasteiger partial charge on any atom is 0.377 e. The molecule has 0 heterocycles. The Balaban J connectivity index is 3.44. The third-order valence-corrected chi connectivity index (χ3v) is 1.84. The maximum atomic E-state index is 11.2. The third-order valence-electron chi connectivity index (χ3n) is 1.84. The van der Waals surface area contributed by atoms with Gasteiger partial charge in [0.15, 0.2) is 5.75 Å². The summed E-state index contributed by atoms with van der Waals surface area (Å²) in [5.41, 5.74) is -1.14. The van der Waals surface area contributed by atoms with E-state index in [1.807, 2.05) is 0 Å². The van der Waals surface area contributed by atoms with Gasteiger partial charge in [0.2, 0.25) is 0 Å². The zero-order valence-electron chi connectivity index (χ0n) is 8.17. The van der Waals surface area contributed by atoms with Crippen LogP contribution >= 0.6 is 0 Å². The van der Waals surface area contributed by atoms with Crippen LogP contribution in [0.2, 0.25) is 0 Å². The maximum absolute atomic E-state index is 11.2. The Morgan fingerprint density at radius 2 is 2.06 bits per heavy atom. The molecule has 0 aromatic heterocycles. The molecule has 0 bridgehead atoms. The molecule has 84 valence electrons. The minimum Gasteiger partial charge on any atom is -0.490 e. The fourth-order valence-electron chi connectivity index (χ4n) is 1.17. The van der Waals surface area contributed by atoms with Gasteiger partial charge in [0, 0.05) is 0 Å². The highest BCUT2D eigenvalue weighted by Gasteiger charge is 2.28. The number of hydrogen-bond donors (Lipinski definition) is 1. The van der Waals surface area contributed by atoms with Gasteiger partial charge in [-0.2, -0.15) is 0 Å². The number of carboxylic acid groups (broad SMARTS) is 1. The fourth-order valence-corrected chi connectivity index (χ4v) is 1.17. The SMILES string of the molecule is COc1cccc(C(=O)C(=O)O)c1[N+](=O)[O-]. The quantitative estimate of drug-likeness (QED) is 0.352. The number of aliphatic carboxylic acids is 1. The summed E-state index contributed by atoms with van der Waals surface area (Å²) in [6, 6.07) is 3.65. The van der Waals surface area contributed by atoms with Gasteiger partial charge in [-0.3, -0.25) is 14.9 Å². The molecular weight excluding hydrogens is 218 g/mol. The van der Waals surface area contributed by atoms with Crippen LogP contribution in [0.25, 0.3) is 0 Å². The van der Waals surface area contributed by atoms with Crippen LogP contribution in [0.5, 0.6) is 5.75 Å². The van der Waals surface area contributed by atoms with E-state index < -0.39 is 27.9 Å². The Bertz CT molecular complexity index is 467. The van der Waals surface area contributed by atoms with Crippen molar-refractivity contribution >= 4 is 17.4 Å². The van der Waals surface area contributed by atoms with Crippen LogP contribution < -0.4 is 4.74 Å². The van der Waals surface area contributed by atoms with Crippen LogP contribution in [0, 0.1) is 10.1 Å². The Morgan fingerprint density at radius 1 is 1.44 bits per heavy atom. The van der Waals surface area contributed by atoms with E-state index in [9.17, 15) is 19.7 Å². The highest BCUT2D eigenvalue weighted by atomic mass is 16.6. The van der Waals surface area contributed by atoms with E-state index in [1.165, 1.54) is 19.2 Å². The van der Waals surface area contributed by atoms with Crippen LogP contribution in [0.1, 0.15) is 10.4 Å². The van der Waals surface area contributed by atoms with E-state index in [-0.39, 0.29) is 5.75 Å².